The van der Waals surface area contributed by atoms with Crippen LogP contribution in [0.5, 0.6) is 0 Å². The van der Waals surface area contributed by atoms with Gasteiger partial charge in [-0.3, -0.25) is 4.79 Å². The number of anilines is 1. The number of aromatic nitrogens is 1. The molecule has 0 unspecified atom stereocenters. The van der Waals surface area contributed by atoms with Gasteiger partial charge in [0.15, 0.2) is 0 Å². The molecule has 0 aliphatic carbocycles. The molecule has 2 aromatic carbocycles. The molecule has 1 aromatic heterocycles. The highest BCUT2D eigenvalue weighted by Crippen LogP contribution is 2.28. The normalized spacial score (nSPS) is 10.5. The van der Waals surface area contributed by atoms with Crippen molar-refractivity contribution in [2.45, 2.75) is 23.3 Å². The van der Waals surface area contributed by atoms with Crippen LogP contribution < -0.4 is 11.1 Å². The van der Waals surface area contributed by atoms with Gasteiger partial charge in [0.2, 0.25) is 5.95 Å². The van der Waals surface area contributed by atoms with E-state index in [9.17, 15) is 9.18 Å². The molecule has 0 radical (unpaired) electrons. The second-order valence-corrected chi connectivity index (χ2v) is 6.96. The van der Waals surface area contributed by atoms with Crippen molar-refractivity contribution < 1.29 is 9.18 Å². The number of pyridine rings is 1. The summed E-state index contributed by atoms with van der Waals surface area (Å²) < 4.78 is 13.0. The smallest absolute Gasteiger partial charge is 0.255 e. The van der Waals surface area contributed by atoms with Crippen LogP contribution in [0.1, 0.15) is 21.5 Å². The first-order chi connectivity index (χ1) is 12.5. The van der Waals surface area contributed by atoms with Crippen LogP contribution in [0.2, 0.25) is 0 Å². The molecule has 1 heterocycles. The standard InChI is InChI=1S/C20H18FN3OS/c1-13-3-2-4-16(11-13)26-15-7-5-14(6-8-15)12-23-20(25)17-9-10-18(21)24-19(17)22/h2-11H,12H2,1H3,(H2,22,24)(H,23,25). The second-order valence-electron chi connectivity index (χ2n) is 5.81. The summed E-state index contributed by atoms with van der Waals surface area (Å²) in [5.41, 5.74) is 7.93. The number of nitrogens with zero attached hydrogens (tertiary/aromatic N) is 1. The average Bonchev–Trinajstić information content (AvgIpc) is 2.61. The van der Waals surface area contributed by atoms with Crippen LogP contribution in [-0.2, 0) is 6.54 Å². The number of nitrogens with one attached hydrogen (secondary N) is 1. The van der Waals surface area contributed by atoms with Crippen molar-refractivity contribution in [2.75, 3.05) is 5.73 Å². The molecule has 4 nitrogen and oxygen atoms in total. The number of hydrogen-bond acceptors (Lipinski definition) is 4. The third-order valence-corrected chi connectivity index (χ3v) is 4.73. The topological polar surface area (TPSA) is 68.0 Å². The first-order valence-electron chi connectivity index (χ1n) is 8.05. The summed E-state index contributed by atoms with van der Waals surface area (Å²) in [4.78, 5) is 17.9. The molecule has 0 spiro atoms. The van der Waals surface area contributed by atoms with Gasteiger partial charge >= 0.3 is 0 Å². The van der Waals surface area contributed by atoms with Gasteiger partial charge in [-0.25, -0.2) is 4.98 Å². The van der Waals surface area contributed by atoms with Crippen molar-refractivity contribution in [3.8, 4) is 0 Å². The molecule has 3 aromatic rings. The number of carbonyl (C=O) groups excluding carboxylic acids is 1. The predicted molar refractivity (Wildman–Crippen MR) is 102 cm³/mol. The lowest BCUT2D eigenvalue weighted by Crippen LogP contribution is -2.24. The summed E-state index contributed by atoms with van der Waals surface area (Å²) in [6, 6.07) is 18.7. The van der Waals surface area contributed by atoms with E-state index in [0.717, 1.165) is 16.5 Å². The Morgan fingerprint density at radius 1 is 1.12 bits per heavy atom. The number of rotatable bonds is 5. The van der Waals surface area contributed by atoms with E-state index in [0.29, 0.717) is 6.54 Å². The second kappa shape index (κ2) is 8.01. The molecule has 0 aliphatic heterocycles. The molecule has 0 bridgehead atoms. The van der Waals surface area contributed by atoms with E-state index in [1.54, 1.807) is 11.8 Å². The first-order valence-corrected chi connectivity index (χ1v) is 8.86. The van der Waals surface area contributed by atoms with Crippen LogP contribution in [-0.4, -0.2) is 10.9 Å². The van der Waals surface area contributed by atoms with Gasteiger partial charge in [-0.1, -0.05) is 41.6 Å². The van der Waals surface area contributed by atoms with E-state index < -0.39 is 5.95 Å². The van der Waals surface area contributed by atoms with Crippen molar-refractivity contribution in [3.05, 3.63) is 83.3 Å². The predicted octanol–water partition coefficient (Wildman–Crippen LogP) is 4.19. The fourth-order valence-electron chi connectivity index (χ4n) is 2.41. The van der Waals surface area contributed by atoms with Crippen LogP contribution in [0.15, 0.2) is 70.5 Å². The maximum Gasteiger partial charge on any atom is 0.255 e. The SMILES string of the molecule is Cc1cccc(Sc2ccc(CNC(=O)c3ccc(F)nc3N)cc2)c1. The van der Waals surface area contributed by atoms with Crippen molar-refractivity contribution in [2.24, 2.45) is 0 Å². The lowest BCUT2D eigenvalue weighted by atomic mass is 10.2. The molecule has 0 saturated heterocycles. The third-order valence-electron chi connectivity index (χ3n) is 3.74. The van der Waals surface area contributed by atoms with Gasteiger partial charge < -0.3 is 11.1 Å². The minimum Gasteiger partial charge on any atom is -0.383 e. The molecule has 0 aliphatic rings. The van der Waals surface area contributed by atoms with Crippen molar-refractivity contribution >= 4 is 23.5 Å². The van der Waals surface area contributed by atoms with Crippen LogP contribution in [0.3, 0.4) is 0 Å². The van der Waals surface area contributed by atoms with Crippen LogP contribution >= 0.6 is 11.8 Å². The summed E-state index contributed by atoms with van der Waals surface area (Å²) in [7, 11) is 0. The molecule has 3 rings (SSSR count). The highest BCUT2D eigenvalue weighted by molar-refractivity contribution is 7.99. The number of benzene rings is 2. The largest absolute Gasteiger partial charge is 0.383 e. The van der Waals surface area contributed by atoms with Gasteiger partial charge in [-0.2, -0.15) is 4.39 Å². The zero-order valence-electron chi connectivity index (χ0n) is 14.2. The molecule has 26 heavy (non-hydrogen) atoms. The van der Waals surface area contributed by atoms with Crippen molar-refractivity contribution in [1.82, 2.24) is 10.3 Å². The van der Waals surface area contributed by atoms with Crippen LogP contribution in [0.25, 0.3) is 0 Å². The lowest BCUT2D eigenvalue weighted by molar-refractivity contribution is 0.0951. The number of nitrogen functional groups attached to an aromatic ring is 1. The summed E-state index contributed by atoms with van der Waals surface area (Å²) in [5, 5.41) is 2.76. The Morgan fingerprint density at radius 2 is 1.88 bits per heavy atom. The Hall–Kier alpha value is -2.86. The molecule has 132 valence electrons. The van der Waals surface area contributed by atoms with Crippen molar-refractivity contribution in [1.29, 1.82) is 0 Å². The maximum atomic E-state index is 13.0. The number of nitrogens with two attached hydrogens (primary N) is 1. The molecular formula is C20H18FN3OS. The summed E-state index contributed by atoms with van der Waals surface area (Å²) in [6.45, 7) is 2.42. The number of amides is 1. The summed E-state index contributed by atoms with van der Waals surface area (Å²) >= 11 is 1.69. The fourth-order valence-corrected chi connectivity index (χ4v) is 3.35. The average molecular weight is 367 g/mol. The zero-order valence-corrected chi connectivity index (χ0v) is 15.0. The van der Waals surface area contributed by atoms with E-state index in [1.807, 2.05) is 30.3 Å². The molecule has 1 amide bonds. The molecule has 3 N–H and O–H groups in total. The van der Waals surface area contributed by atoms with E-state index in [4.69, 9.17) is 5.73 Å². The Labute approximate surface area is 155 Å². The lowest BCUT2D eigenvalue weighted by Gasteiger charge is -2.08. The Balaban J connectivity index is 1.60. The third kappa shape index (κ3) is 4.61. The quantitative estimate of drug-likeness (QED) is 0.664. The van der Waals surface area contributed by atoms with Gasteiger partial charge in [0.1, 0.15) is 5.82 Å². The minimum atomic E-state index is -0.708. The van der Waals surface area contributed by atoms with Gasteiger partial charge in [-0.15, -0.1) is 0 Å². The summed E-state index contributed by atoms with van der Waals surface area (Å²) in [6.07, 6.45) is 0. The highest BCUT2D eigenvalue weighted by Gasteiger charge is 2.11. The number of halogens is 1. The van der Waals surface area contributed by atoms with E-state index in [-0.39, 0.29) is 17.3 Å². The van der Waals surface area contributed by atoms with E-state index in [2.05, 4.69) is 35.4 Å². The van der Waals surface area contributed by atoms with Gasteiger partial charge in [-0.05, 0) is 48.9 Å². The van der Waals surface area contributed by atoms with Gasteiger partial charge in [0.25, 0.3) is 5.91 Å². The monoisotopic (exact) mass is 367 g/mol. The Kier molecular flexibility index (Phi) is 5.53. The number of hydrogen-bond donors (Lipinski definition) is 2. The number of aryl methyl sites for hydroxylation is 1. The highest BCUT2D eigenvalue weighted by atomic mass is 32.2. The maximum absolute atomic E-state index is 13.0. The molecule has 0 fully saturated rings. The minimum absolute atomic E-state index is 0.118. The van der Waals surface area contributed by atoms with Crippen LogP contribution in [0, 0.1) is 12.9 Å². The first kappa shape index (κ1) is 17.9. The van der Waals surface area contributed by atoms with Crippen LogP contribution in [0.4, 0.5) is 10.2 Å². The fraction of sp³-hybridized carbons (Fsp3) is 0.100. The Morgan fingerprint density at radius 3 is 2.58 bits per heavy atom. The summed E-state index contributed by atoms with van der Waals surface area (Å²) in [5.74, 6) is -1.21. The molecule has 6 heteroatoms. The molecule has 0 atom stereocenters. The molecule has 0 saturated carbocycles. The zero-order chi connectivity index (χ0) is 18.5. The van der Waals surface area contributed by atoms with Gasteiger partial charge in [0.05, 0.1) is 5.56 Å². The van der Waals surface area contributed by atoms with E-state index in [1.165, 1.54) is 16.5 Å². The Bertz CT molecular complexity index is 929. The molecular weight excluding hydrogens is 349 g/mol. The van der Waals surface area contributed by atoms with E-state index >= 15 is 0 Å². The van der Waals surface area contributed by atoms with Crippen molar-refractivity contribution in [3.63, 3.8) is 0 Å². The van der Waals surface area contributed by atoms with Gasteiger partial charge in [0, 0.05) is 16.3 Å². The number of carbonyl (C=O) groups is 1.